The van der Waals surface area contributed by atoms with Gasteiger partial charge in [-0.1, -0.05) is 18.2 Å². The number of aromatic hydroxyl groups is 1. The second-order valence-electron chi connectivity index (χ2n) is 6.34. The molecule has 0 fully saturated rings. The first-order valence-electron chi connectivity index (χ1n) is 8.23. The number of carbonyl (C=O) groups excluding carboxylic acids is 2. The summed E-state index contributed by atoms with van der Waals surface area (Å²) in [5.41, 5.74) is -0.389. The van der Waals surface area contributed by atoms with E-state index in [1.54, 1.807) is 19.0 Å². The van der Waals surface area contributed by atoms with Crippen molar-refractivity contribution in [3.05, 3.63) is 65.2 Å². The van der Waals surface area contributed by atoms with Crippen LogP contribution in [0.5, 0.6) is 5.75 Å². The molecule has 0 bridgehead atoms. The molecule has 0 aliphatic rings. The van der Waals surface area contributed by atoms with Gasteiger partial charge in [0, 0.05) is 5.69 Å². The van der Waals surface area contributed by atoms with Crippen LogP contribution < -0.4 is 5.32 Å². The molecule has 148 valence electrons. The van der Waals surface area contributed by atoms with Crippen molar-refractivity contribution in [1.29, 1.82) is 0 Å². The fourth-order valence-corrected chi connectivity index (χ4v) is 2.38. The first-order chi connectivity index (χ1) is 13.1. The highest BCUT2D eigenvalue weighted by molar-refractivity contribution is 6.09. The van der Waals surface area contributed by atoms with E-state index < -0.39 is 17.5 Å². The molecule has 2 N–H and O–H groups in total. The fraction of sp³-hybridized carbons (Fsp3) is 0.200. The van der Waals surface area contributed by atoms with Crippen LogP contribution >= 0.6 is 0 Å². The van der Waals surface area contributed by atoms with Crippen LogP contribution in [0.1, 0.15) is 21.5 Å². The Morgan fingerprint density at radius 2 is 1.86 bits per heavy atom. The Kier molecular flexibility index (Phi) is 6.58. The van der Waals surface area contributed by atoms with Gasteiger partial charge in [0.05, 0.1) is 17.7 Å². The first-order valence-corrected chi connectivity index (χ1v) is 8.23. The van der Waals surface area contributed by atoms with Gasteiger partial charge in [-0.3, -0.25) is 9.59 Å². The first kappa shape index (κ1) is 21.2. The molecule has 0 saturated heterocycles. The number of ketones is 1. The zero-order valence-electron chi connectivity index (χ0n) is 15.2. The summed E-state index contributed by atoms with van der Waals surface area (Å²) < 4.78 is 38.3. The van der Waals surface area contributed by atoms with Crippen LogP contribution in [0.2, 0.25) is 0 Å². The highest BCUT2D eigenvalue weighted by Crippen LogP contribution is 2.30. The number of nitrogens with zero attached hydrogens (tertiary/aromatic N) is 1. The predicted molar refractivity (Wildman–Crippen MR) is 100 cm³/mol. The van der Waals surface area contributed by atoms with Crippen molar-refractivity contribution in [2.24, 2.45) is 0 Å². The van der Waals surface area contributed by atoms with Crippen molar-refractivity contribution in [2.75, 3.05) is 26.0 Å². The van der Waals surface area contributed by atoms with E-state index in [0.29, 0.717) is 5.69 Å². The van der Waals surface area contributed by atoms with E-state index in [0.717, 1.165) is 18.2 Å². The number of amides is 1. The maximum absolute atomic E-state index is 12.8. The molecule has 5 nitrogen and oxygen atoms in total. The number of likely N-dealkylation sites (N-methyl/N-ethyl adjacent to an activating group) is 1. The maximum Gasteiger partial charge on any atom is 0.416 e. The normalized spacial score (nSPS) is 11.8. The SMILES string of the molecule is CN(C)CC(=O)Nc1ccc(O)c(C(=O)/C=C/c2cccc(C(F)(F)F)c2)c1. The topological polar surface area (TPSA) is 69.6 Å². The number of phenolic OH excluding ortho intramolecular Hbond substituents is 1. The van der Waals surface area contributed by atoms with E-state index in [4.69, 9.17) is 0 Å². The highest BCUT2D eigenvalue weighted by Gasteiger charge is 2.30. The van der Waals surface area contributed by atoms with Crippen molar-refractivity contribution in [3.63, 3.8) is 0 Å². The van der Waals surface area contributed by atoms with E-state index in [1.807, 2.05) is 0 Å². The summed E-state index contributed by atoms with van der Waals surface area (Å²) in [7, 11) is 3.45. The molecule has 0 radical (unpaired) electrons. The molecule has 28 heavy (non-hydrogen) atoms. The van der Waals surface area contributed by atoms with Crippen LogP contribution in [0.15, 0.2) is 48.5 Å². The number of alkyl halides is 3. The molecule has 1 amide bonds. The van der Waals surface area contributed by atoms with Crippen molar-refractivity contribution < 1.29 is 27.9 Å². The van der Waals surface area contributed by atoms with Gasteiger partial charge in [-0.25, -0.2) is 0 Å². The number of benzene rings is 2. The summed E-state index contributed by atoms with van der Waals surface area (Å²) in [6.07, 6.45) is -2.19. The Morgan fingerprint density at radius 1 is 1.14 bits per heavy atom. The van der Waals surface area contributed by atoms with E-state index >= 15 is 0 Å². The molecule has 0 aliphatic carbocycles. The van der Waals surface area contributed by atoms with Gasteiger partial charge in [-0.05, 0) is 56.1 Å². The lowest BCUT2D eigenvalue weighted by molar-refractivity contribution is -0.137. The highest BCUT2D eigenvalue weighted by atomic mass is 19.4. The third-order valence-electron chi connectivity index (χ3n) is 3.65. The number of rotatable bonds is 6. The molecule has 2 aromatic carbocycles. The minimum atomic E-state index is -4.48. The second kappa shape index (κ2) is 8.71. The van der Waals surface area contributed by atoms with Gasteiger partial charge in [0.15, 0.2) is 5.78 Å². The molecule has 0 heterocycles. The second-order valence-corrected chi connectivity index (χ2v) is 6.34. The number of hydrogen-bond acceptors (Lipinski definition) is 4. The van der Waals surface area contributed by atoms with Crippen molar-refractivity contribution >= 4 is 23.5 Å². The molecule has 0 atom stereocenters. The summed E-state index contributed by atoms with van der Waals surface area (Å²) in [5, 5.41) is 12.5. The van der Waals surface area contributed by atoms with E-state index in [9.17, 15) is 27.9 Å². The van der Waals surface area contributed by atoms with E-state index in [2.05, 4.69) is 5.32 Å². The van der Waals surface area contributed by atoms with Crippen molar-refractivity contribution in [2.45, 2.75) is 6.18 Å². The van der Waals surface area contributed by atoms with Gasteiger partial charge >= 0.3 is 6.18 Å². The van der Waals surface area contributed by atoms with Crippen molar-refractivity contribution in [3.8, 4) is 5.75 Å². The smallest absolute Gasteiger partial charge is 0.416 e. The summed E-state index contributed by atoms with van der Waals surface area (Å²) in [6.45, 7) is 0.138. The van der Waals surface area contributed by atoms with Crippen LogP contribution in [0.25, 0.3) is 6.08 Å². The van der Waals surface area contributed by atoms with Crippen molar-refractivity contribution in [1.82, 2.24) is 4.90 Å². The van der Waals surface area contributed by atoms with Gasteiger partial charge in [0.1, 0.15) is 5.75 Å². The molecule has 0 aromatic heterocycles. The molecule has 2 rings (SSSR count). The van der Waals surface area contributed by atoms with Crippen LogP contribution in [0, 0.1) is 0 Å². The lowest BCUT2D eigenvalue weighted by atomic mass is 10.1. The van der Waals surface area contributed by atoms with Gasteiger partial charge < -0.3 is 15.3 Å². The average molecular weight is 392 g/mol. The molecule has 8 heteroatoms. The minimum absolute atomic E-state index is 0.0779. The molecule has 0 aliphatic heterocycles. The molecular formula is C20H19F3N2O3. The number of anilines is 1. The lowest BCUT2D eigenvalue weighted by Gasteiger charge is -2.11. The van der Waals surface area contributed by atoms with Crippen LogP contribution in [-0.2, 0) is 11.0 Å². The van der Waals surface area contributed by atoms with Gasteiger partial charge in [-0.15, -0.1) is 0 Å². The summed E-state index contributed by atoms with van der Waals surface area (Å²) in [6, 6.07) is 8.53. The standard InChI is InChI=1S/C20H19F3N2O3/c1-25(2)12-19(28)24-15-7-9-18(27)16(11-15)17(26)8-6-13-4-3-5-14(10-13)20(21,22)23/h3-11,27H,12H2,1-2H3,(H,24,28)/b8-6+. The van der Waals surface area contributed by atoms with E-state index in [1.165, 1.54) is 36.4 Å². The number of allylic oxidation sites excluding steroid dienone is 1. The van der Waals surface area contributed by atoms with Crippen LogP contribution in [-0.4, -0.2) is 42.3 Å². The third kappa shape index (κ3) is 5.95. The third-order valence-corrected chi connectivity index (χ3v) is 3.65. The Morgan fingerprint density at radius 3 is 2.50 bits per heavy atom. The number of halogens is 3. The molecule has 0 saturated carbocycles. The Labute approximate surface area is 160 Å². The Bertz CT molecular complexity index is 906. The van der Waals surface area contributed by atoms with Gasteiger partial charge in [0.25, 0.3) is 0 Å². The monoisotopic (exact) mass is 392 g/mol. The largest absolute Gasteiger partial charge is 0.507 e. The summed E-state index contributed by atoms with van der Waals surface area (Å²) >= 11 is 0. The molecule has 0 spiro atoms. The molecule has 0 unspecified atom stereocenters. The zero-order chi connectivity index (χ0) is 20.9. The van der Waals surface area contributed by atoms with Crippen LogP contribution in [0.3, 0.4) is 0 Å². The Hall–Kier alpha value is -3.13. The van der Waals surface area contributed by atoms with Gasteiger partial charge in [-0.2, -0.15) is 13.2 Å². The molecular weight excluding hydrogens is 373 g/mol. The average Bonchev–Trinajstić information content (AvgIpc) is 2.60. The fourth-order valence-electron chi connectivity index (χ4n) is 2.38. The number of carbonyl (C=O) groups is 2. The minimum Gasteiger partial charge on any atom is -0.507 e. The number of hydrogen-bond donors (Lipinski definition) is 2. The lowest BCUT2D eigenvalue weighted by Crippen LogP contribution is -2.27. The van der Waals surface area contributed by atoms with Crippen LogP contribution in [0.4, 0.5) is 18.9 Å². The summed E-state index contributed by atoms with van der Waals surface area (Å²) in [5.74, 6) is -1.21. The predicted octanol–water partition coefficient (Wildman–Crippen LogP) is 3.81. The zero-order valence-corrected chi connectivity index (χ0v) is 15.2. The maximum atomic E-state index is 12.8. The number of phenols is 1. The van der Waals surface area contributed by atoms with E-state index in [-0.39, 0.29) is 29.3 Å². The summed E-state index contributed by atoms with van der Waals surface area (Å²) in [4.78, 5) is 25.8. The van der Waals surface area contributed by atoms with Gasteiger partial charge in [0.2, 0.25) is 5.91 Å². The number of nitrogens with one attached hydrogen (secondary N) is 1. The Balaban J connectivity index is 2.19. The molecule has 2 aromatic rings. The quantitative estimate of drug-likeness (QED) is 0.446.